The molecule has 0 aromatic heterocycles. The van der Waals surface area contributed by atoms with Gasteiger partial charge < -0.3 is 26.6 Å². The summed E-state index contributed by atoms with van der Waals surface area (Å²) in [6.07, 6.45) is 1.50. The molecule has 0 bridgehead atoms. The average molecular weight is 463 g/mol. The molecule has 1 saturated heterocycles. The van der Waals surface area contributed by atoms with Crippen LogP contribution in [0.3, 0.4) is 0 Å². The summed E-state index contributed by atoms with van der Waals surface area (Å²) in [5.41, 5.74) is 8.64. The van der Waals surface area contributed by atoms with Gasteiger partial charge in [-0.1, -0.05) is 0 Å². The quantitative estimate of drug-likeness (QED) is 0.522. The minimum Gasteiger partial charge on any atom is -0.382 e. The van der Waals surface area contributed by atoms with Gasteiger partial charge in [0.25, 0.3) is 11.8 Å². The molecule has 2 aromatic rings. The molecule has 1 aliphatic heterocycles. The van der Waals surface area contributed by atoms with Crippen molar-refractivity contribution in [3.8, 4) is 6.07 Å². The first-order valence-corrected chi connectivity index (χ1v) is 11.3. The molecular weight excluding hydrogens is 432 g/mol. The molecule has 0 aliphatic carbocycles. The van der Waals surface area contributed by atoms with Crippen LogP contribution >= 0.6 is 0 Å². The maximum absolute atomic E-state index is 12.9. The normalized spacial score (nSPS) is 15.4. The molecule has 1 atom stereocenters. The van der Waals surface area contributed by atoms with Crippen LogP contribution in [-0.4, -0.2) is 47.9 Å². The number of anilines is 2. The number of hydrogen-bond acceptors (Lipinski definition) is 5. The fraction of sp³-hybridized carbons (Fsp3) is 0.360. The summed E-state index contributed by atoms with van der Waals surface area (Å²) in [5, 5.41) is 18.0. The van der Waals surface area contributed by atoms with Crippen LogP contribution in [0.2, 0.25) is 0 Å². The van der Waals surface area contributed by atoms with Crippen LogP contribution < -0.4 is 21.7 Å². The van der Waals surface area contributed by atoms with Crippen molar-refractivity contribution in [3.05, 3.63) is 58.7 Å². The minimum atomic E-state index is -0.585. The van der Waals surface area contributed by atoms with Gasteiger partial charge in [0, 0.05) is 42.1 Å². The number of nitriles is 1. The lowest BCUT2D eigenvalue weighted by Crippen LogP contribution is -2.50. The summed E-state index contributed by atoms with van der Waals surface area (Å²) in [6.45, 7) is 6.62. The average Bonchev–Trinajstić information content (AvgIpc) is 2.79. The van der Waals surface area contributed by atoms with Crippen molar-refractivity contribution >= 4 is 29.2 Å². The molecule has 1 fully saturated rings. The standard InChI is InChI=1S/C25H30N6O3/c1-15(2)28-22-9-8-19(12-21(22)23(27)32)30-25(34)31-10-4-5-20(14-31)29-24(33)17-6-7-18(13-26)16(3)11-17/h6-9,11-12,15,20,28H,4-5,10,14H2,1-3H3,(H2,27,32)(H,29,33)(H,30,34)/t20-/m1/s1. The Balaban J connectivity index is 1.63. The van der Waals surface area contributed by atoms with Gasteiger partial charge in [-0.25, -0.2) is 4.79 Å². The Kier molecular flexibility index (Phi) is 7.74. The highest BCUT2D eigenvalue weighted by Gasteiger charge is 2.25. The Labute approximate surface area is 199 Å². The smallest absolute Gasteiger partial charge is 0.321 e. The largest absolute Gasteiger partial charge is 0.382 e. The number of primary amides is 1. The molecule has 0 spiro atoms. The third-order valence-corrected chi connectivity index (χ3v) is 5.63. The number of nitrogens with one attached hydrogen (secondary N) is 3. The number of piperidine rings is 1. The number of likely N-dealkylation sites (tertiary alicyclic amines) is 1. The Morgan fingerprint density at radius 3 is 2.59 bits per heavy atom. The van der Waals surface area contributed by atoms with Crippen LogP contribution in [0, 0.1) is 18.3 Å². The van der Waals surface area contributed by atoms with Crippen molar-refractivity contribution in [2.24, 2.45) is 5.73 Å². The molecule has 1 heterocycles. The highest BCUT2D eigenvalue weighted by molar-refractivity contribution is 6.01. The van der Waals surface area contributed by atoms with Gasteiger partial charge in [0.2, 0.25) is 0 Å². The lowest BCUT2D eigenvalue weighted by atomic mass is 10.0. The number of hydrogen-bond donors (Lipinski definition) is 4. The molecule has 0 unspecified atom stereocenters. The van der Waals surface area contributed by atoms with Crippen LogP contribution in [0.4, 0.5) is 16.2 Å². The number of rotatable bonds is 6. The maximum Gasteiger partial charge on any atom is 0.321 e. The predicted octanol–water partition coefficient (Wildman–Crippen LogP) is 3.21. The molecule has 4 amide bonds. The Bertz CT molecular complexity index is 1140. The second-order valence-corrected chi connectivity index (χ2v) is 8.75. The zero-order valence-electron chi connectivity index (χ0n) is 19.6. The van der Waals surface area contributed by atoms with Crippen LogP contribution in [0.15, 0.2) is 36.4 Å². The monoisotopic (exact) mass is 462 g/mol. The molecule has 0 radical (unpaired) electrons. The maximum atomic E-state index is 12.9. The van der Waals surface area contributed by atoms with Crippen LogP contribution in [-0.2, 0) is 0 Å². The van der Waals surface area contributed by atoms with Crippen molar-refractivity contribution < 1.29 is 14.4 Å². The molecule has 1 aliphatic rings. The van der Waals surface area contributed by atoms with E-state index in [1.165, 1.54) is 0 Å². The second kappa shape index (κ2) is 10.7. The van der Waals surface area contributed by atoms with E-state index in [1.807, 2.05) is 13.8 Å². The summed E-state index contributed by atoms with van der Waals surface area (Å²) >= 11 is 0. The Morgan fingerprint density at radius 2 is 1.94 bits per heavy atom. The van der Waals surface area contributed by atoms with Gasteiger partial charge in [0.05, 0.1) is 17.2 Å². The third kappa shape index (κ3) is 6.04. The van der Waals surface area contributed by atoms with Crippen molar-refractivity contribution in [2.45, 2.75) is 45.7 Å². The van der Waals surface area contributed by atoms with Crippen molar-refractivity contribution in [3.63, 3.8) is 0 Å². The zero-order chi connectivity index (χ0) is 24.8. The number of urea groups is 1. The summed E-state index contributed by atoms with van der Waals surface area (Å²) in [7, 11) is 0. The molecule has 9 nitrogen and oxygen atoms in total. The summed E-state index contributed by atoms with van der Waals surface area (Å²) in [4.78, 5) is 39.1. The molecule has 34 heavy (non-hydrogen) atoms. The minimum absolute atomic E-state index is 0.118. The van der Waals surface area contributed by atoms with E-state index in [4.69, 9.17) is 11.0 Å². The van der Waals surface area contributed by atoms with Gasteiger partial charge in [0.1, 0.15) is 0 Å². The first-order chi connectivity index (χ1) is 16.2. The number of amides is 4. The van der Waals surface area contributed by atoms with Crippen LogP contribution in [0.5, 0.6) is 0 Å². The highest BCUT2D eigenvalue weighted by Crippen LogP contribution is 2.22. The van der Waals surface area contributed by atoms with Crippen molar-refractivity contribution in [1.29, 1.82) is 5.26 Å². The lowest BCUT2D eigenvalue weighted by molar-refractivity contribution is 0.0912. The molecule has 178 valence electrons. The van der Waals surface area contributed by atoms with Crippen molar-refractivity contribution in [1.82, 2.24) is 10.2 Å². The second-order valence-electron chi connectivity index (χ2n) is 8.75. The Morgan fingerprint density at radius 1 is 1.18 bits per heavy atom. The van der Waals surface area contributed by atoms with E-state index in [0.29, 0.717) is 41.2 Å². The lowest BCUT2D eigenvalue weighted by Gasteiger charge is -2.33. The predicted molar refractivity (Wildman–Crippen MR) is 131 cm³/mol. The zero-order valence-corrected chi connectivity index (χ0v) is 19.6. The fourth-order valence-electron chi connectivity index (χ4n) is 3.94. The number of carbonyl (C=O) groups is 3. The summed E-state index contributed by atoms with van der Waals surface area (Å²) < 4.78 is 0. The number of aryl methyl sites for hydroxylation is 1. The number of carbonyl (C=O) groups excluding carboxylic acids is 3. The first-order valence-electron chi connectivity index (χ1n) is 11.3. The van der Waals surface area contributed by atoms with E-state index in [9.17, 15) is 14.4 Å². The van der Waals surface area contributed by atoms with E-state index >= 15 is 0 Å². The summed E-state index contributed by atoms with van der Waals surface area (Å²) in [5.74, 6) is -0.822. The molecule has 5 N–H and O–H groups in total. The number of nitrogens with zero attached hydrogens (tertiary/aromatic N) is 2. The Hall–Kier alpha value is -4.06. The SMILES string of the molecule is Cc1cc(C(=O)N[C@@H]2CCCN(C(=O)Nc3ccc(NC(C)C)c(C(N)=O)c3)C2)ccc1C#N. The molecule has 9 heteroatoms. The van der Waals surface area contributed by atoms with E-state index in [0.717, 1.165) is 18.4 Å². The van der Waals surface area contributed by atoms with Gasteiger partial charge in [-0.05, 0) is 75.6 Å². The van der Waals surface area contributed by atoms with E-state index in [-0.39, 0.29) is 24.0 Å². The number of benzene rings is 2. The van der Waals surface area contributed by atoms with E-state index < -0.39 is 5.91 Å². The van der Waals surface area contributed by atoms with Gasteiger partial charge in [-0.2, -0.15) is 5.26 Å². The molecule has 2 aromatic carbocycles. The first kappa shape index (κ1) is 24.6. The van der Waals surface area contributed by atoms with Gasteiger partial charge in [-0.15, -0.1) is 0 Å². The van der Waals surface area contributed by atoms with E-state index in [2.05, 4.69) is 22.0 Å². The van der Waals surface area contributed by atoms with Gasteiger partial charge >= 0.3 is 6.03 Å². The third-order valence-electron chi connectivity index (χ3n) is 5.63. The summed E-state index contributed by atoms with van der Waals surface area (Å²) in [6, 6.07) is 11.6. The molecule has 3 rings (SSSR count). The topological polar surface area (TPSA) is 140 Å². The molecular formula is C25H30N6O3. The van der Waals surface area contributed by atoms with Gasteiger partial charge in [0.15, 0.2) is 0 Å². The van der Waals surface area contributed by atoms with Crippen LogP contribution in [0.1, 0.15) is 58.5 Å². The fourth-order valence-corrected chi connectivity index (χ4v) is 3.94. The van der Waals surface area contributed by atoms with E-state index in [1.54, 1.807) is 48.2 Å². The highest BCUT2D eigenvalue weighted by atomic mass is 16.2. The van der Waals surface area contributed by atoms with Crippen LogP contribution in [0.25, 0.3) is 0 Å². The number of nitrogens with two attached hydrogens (primary N) is 1. The van der Waals surface area contributed by atoms with Crippen molar-refractivity contribution in [2.75, 3.05) is 23.7 Å². The van der Waals surface area contributed by atoms with Gasteiger partial charge in [-0.3, -0.25) is 9.59 Å². The molecule has 0 saturated carbocycles.